The summed E-state index contributed by atoms with van der Waals surface area (Å²) in [6, 6.07) is 10.7. The quantitative estimate of drug-likeness (QED) is 0.554. The molecular formula is C19H15ClN6O2. The van der Waals surface area contributed by atoms with Crippen molar-refractivity contribution in [3.8, 4) is 17.4 Å². The van der Waals surface area contributed by atoms with Crippen molar-refractivity contribution < 1.29 is 9.53 Å². The molecule has 0 spiro atoms. The molecule has 5 rings (SSSR count). The van der Waals surface area contributed by atoms with Gasteiger partial charge in [0.25, 0.3) is 5.91 Å². The summed E-state index contributed by atoms with van der Waals surface area (Å²) in [6.45, 7) is 1.40. The molecule has 1 aliphatic rings. The summed E-state index contributed by atoms with van der Waals surface area (Å²) in [5.41, 5.74) is 3.22. The molecule has 9 heteroatoms. The Morgan fingerprint density at radius 3 is 3.00 bits per heavy atom. The molecule has 140 valence electrons. The average Bonchev–Trinajstić information content (AvgIpc) is 3.32. The van der Waals surface area contributed by atoms with E-state index in [1.54, 1.807) is 35.1 Å². The molecule has 4 heterocycles. The van der Waals surface area contributed by atoms with E-state index in [4.69, 9.17) is 16.3 Å². The van der Waals surface area contributed by atoms with Crippen molar-refractivity contribution in [2.24, 2.45) is 0 Å². The number of hydrogen-bond acceptors (Lipinski definition) is 5. The van der Waals surface area contributed by atoms with E-state index in [0.717, 1.165) is 24.0 Å². The Kier molecular flexibility index (Phi) is 3.98. The molecule has 1 amide bonds. The van der Waals surface area contributed by atoms with Crippen molar-refractivity contribution >= 4 is 34.2 Å². The zero-order valence-electron chi connectivity index (χ0n) is 14.6. The number of carbonyl (C=O) groups excluding carboxylic acids is 1. The van der Waals surface area contributed by atoms with Crippen molar-refractivity contribution in [3.63, 3.8) is 0 Å². The number of aromatic amines is 1. The van der Waals surface area contributed by atoms with Crippen LogP contribution in [0.15, 0.2) is 42.6 Å². The van der Waals surface area contributed by atoms with Gasteiger partial charge in [0.05, 0.1) is 22.7 Å². The second-order valence-corrected chi connectivity index (χ2v) is 6.86. The van der Waals surface area contributed by atoms with Crippen LogP contribution in [-0.2, 0) is 6.54 Å². The predicted octanol–water partition coefficient (Wildman–Crippen LogP) is 3.51. The van der Waals surface area contributed by atoms with Crippen LogP contribution < -0.4 is 10.1 Å². The summed E-state index contributed by atoms with van der Waals surface area (Å²) in [4.78, 5) is 24.5. The number of aryl methyl sites for hydroxylation is 1. The summed E-state index contributed by atoms with van der Waals surface area (Å²) in [5, 5.41) is 7.73. The maximum Gasteiger partial charge on any atom is 0.276 e. The van der Waals surface area contributed by atoms with Crippen LogP contribution in [0.5, 0.6) is 5.88 Å². The van der Waals surface area contributed by atoms with Gasteiger partial charge in [0.15, 0.2) is 11.5 Å². The average molecular weight is 395 g/mol. The first kappa shape index (κ1) is 16.8. The lowest BCUT2D eigenvalue weighted by Crippen LogP contribution is -2.16. The highest BCUT2D eigenvalue weighted by molar-refractivity contribution is 6.30. The molecule has 1 aliphatic heterocycles. The fourth-order valence-corrected chi connectivity index (χ4v) is 3.21. The molecule has 0 saturated carbocycles. The van der Waals surface area contributed by atoms with E-state index in [9.17, 15) is 4.79 Å². The summed E-state index contributed by atoms with van der Waals surface area (Å²) in [7, 11) is 0. The van der Waals surface area contributed by atoms with E-state index >= 15 is 0 Å². The number of fused-ring (bicyclic) bond motifs is 2. The largest absolute Gasteiger partial charge is 0.478 e. The minimum Gasteiger partial charge on any atom is -0.478 e. The summed E-state index contributed by atoms with van der Waals surface area (Å²) in [5.74, 6) is 0.971. The van der Waals surface area contributed by atoms with Gasteiger partial charge in [0, 0.05) is 30.9 Å². The van der Waals surface area contributed by atoms with Crippen LogP contribution in [0.3, 0.4) is 0 Å². The minimum atomic E-state index is -0.288. The maximum absolute atomic E-state index is 12.5. The topological polar surface area (TPSA) is 97.7 Å². The van der Waals surface area contributed by atoms with Crippen molar-refractivity contribution in [3.05, 3.63) is 53.3 Å². The van der Waals surface area contributed by atoms with E-state index in [0.29, 0.717) is 40.4 Å². The van der Waals surface area contributed by atoms with Crippen molar-refractivity contribution in [1.29, 1.82) is 0 Å². The Labute approximate surface area is 164 Å². The fraction of sp³-hybridized carbons (Fsp3) is 0.158. The molecule has 8 nitrogen and oxygen atoms in total. The number of H-pyrrole nitrogens is 1. The highest BCUT2D eigenvalue weighted by Crippen LogP contribution is 2.24. The van der Waals surface area contributed by atoms with Gasteiger partial charge in [-0.2, -0.15) is 5.10 Å². The lowest BCUT2D eigenvalue weighted by molar-refractivity contribution is 0.102. The first-order valence-electron chi connectivity index (χ1n) is 8.79. The normalized spacial score (nSPS) is 13.2. The third-order valence-electron chi connectivity index (χ3n) is 4.45. The summed E-state index contributed by atoms with van der Waals surface area (Å²) < 4.78 is 7.22. The molecule has 28 heavy (non-hydrogen) atoms. The van der Waals surface area contributed by atoms with Crippen LogP contribution >= 0.6 is 11.6 Å². The van der Waals surface area contributed by atoms with Crippen LogP contribution in [0.2, 0.25) is 5.02 Å². The second kappa shape index (κ2) is 6.65. The number of nitrogens with one attached hydrogen (secondary N) is 2. The number of aromatic nitrogens is 5. The van der Waals surface area contributed by atoms with Gasteiger partial charge in [-0.1, -0.05) is 11.6 Å². The van der Waals surface area contributed by atoms with E-state index in [1.165, 1.54) is 0 Å². The number of amides is 1. The monoisotopic (exact) mass is 394 g/mol. The standard InChI is InChI=1S/C19H15ClN6O2/c20-11-2-4-14(21-10-11)18-23-13-5-3-12(8-15(13)24-18)22-19(27)16-9-17-26(25-16)6-1-7-28-17/h2-5,8-10H,1,6-7H2,(H,22,27)(H,23,24). The van der Waals surface area contributed by atoms with Gasteiger partial charge < -0.3 is 15.0 Å². The number of hydrogen-bond donors (Lipinski definition) is 2. The zero-order chi connectivity index (χ0) is 19.1. The number of carbonyl (C=O) groups is 1. The minimum absolute atomic E-state index is 0.288. The molecule has 1 aromatic carbocycles. The number of benzene rings is 1. The maximum atomic E-state index is 12.5. The molecule has 0 radical (unpaired) electrons. The number of pyridine rings is 1. The van der Waals surface area contributed by atoms with E-state index in [2.05, 4.69) is 25.4 Å². The van der Waals surface area contributed by atoms with Gasteiger partial charge in [-0.15, -0.1) is 0 Å². The number of nitrogens with zero attached hydrogens (tertiary/aromatic N) is 4. The first-order valence-corrected chi connectivity index (χ1v) is 9.17. The Bertz CT molecular complexity index is 1160. The highest BCUT2D eigenvalue weighted by atomic mass is 35.5. The van der Waals surface area contributed by atoms with Crippen LogP contribution in [-0.4, -0.2) is 37.2 Å². The molecule has 4 aromatic rings. The number of halogens is 1. The smallest absolute Gasteiger partial charge is 0.276 e. The van der Waals surface area contributed by atoms with Crippen LogP contribution in [0.4, 0.5) is 5.69 Å². The van der Waals surface area contributed by atoms with Gasteiger partial charge in [-0.3, -0.25) is 9.78 Å². The SMILES string of the molecule is O=C(Nc1ccc2nc(-c3ccc(Cl)cn3)[nH]c2c1)c1cc2n(n1)CCCO2. The number of ether oxygens (including phenoxy) is 1. The van der Waals surface area contributed by atoms with Crippen molar-refractivity contribution in [1.82, 2.24) is 24.7 Å². The lowest BCUT2D eigenvalue weighted by Gasteiger charge is -2.13. The van der Waals surface area contributed by atoms with Crippen LogP contribution in [0.1, 0.15) is 16.9 Å². The Morgan fingerprint density at radius 2 is 2.18 bits per heavy atom. The third kappa shape index (κ3) is 3.07. The molecule has 0 unspecified atom stereocenters. The van der Waals surface area contributed by atoms with E-state index in [-0.39, 0.29) is 5.91 Å². The molecule has 0 atom stereocenters. The van der Waals surface area contributed by atoms with Gasteiger partial charge in [0.1, 0.15) is 5.69 Å². The van der Waals surface area contributed by atoms with Crippen LogP contribution in [0.25, 0.3) is 22.6 Å². The number of imidazole rings is 1. The Morgan fingerprint density at radius 1 is 1.25 bits per heavy atom. The number of anilines is 1. The van der Waals surface area contributed by atoms with Gasteiger partial charge in [-0.25, -0.2) is 9.67 Å². The molecule has 3 aromatic heterocycles. The van der Waals surface area contributed by atoms with E-state index < -0.39 is 0 Å². The highest BCUT2D eigenvalue weighted by Gasteiger charge is 2.18. The van der Waals surface area contributed by atoms with Gasteiger partial charge in [-0.05, 0) is 30.3 Å². The summed E-state index contributed by atoms with van der Waals surface area (Å²) >= 11 is 5.88. The van der Waals surface area contributed by atoms with Crippen molar-refractivity contribution in [2.75, 3.05) is 11.9 Å². The molecule has 0 saturated heterocycles. The van der Waals surface area contributed by atoms with Gasteiger partial charge >= 0.3 is 0 Å². The molecule has 2 N–H and O–H groups in total. The zero-order valence-corrected chi connectivity index (χ0v) is 15.4. The van der Waals surface area contributed by atoms with E-state index in [1.807, 2.05) is 12.1 Å². The lowest BCUT2D eigenvalue weighted by atomic mass is 10.2. The van der Waals surface area contributed by atoms with Crippen molar-refractivity contribution in [2.45, 2.75) is 13.0 Å². The molecule has 0 bridgehead atoms. The fourth-order valence-electron chi connectivity index (χ4n) is 3.10. The number of rotatable bonds is 3. The summed E-state index contributed by atoms with van der Waals surface area (Å²) in [6.07, 6.45) is 2.46. The second-order valence-electron chi connectivity index (χ2n) is 6.43. The van der Waals surface area contributed by atoms with Gasteiger partial charge in [0.2, 0.25) is 5.88 Å². The van der Waals surface area contributed by atoms with Crippen LogP contribution in [0, 0.1) is 0 Å². The Hall–Kier alpha value is -3.39. The molecular weight excluding hydrogens is 380 g/mol. The predicted molar refractivity (Wildman–Crippen MR) is 105 cm³/mol. The molecule has 0 fully saturated rings. The molecule has 0 aliphatic carbocycles. The Balaban J connectivity index is 1.39. The third-order valence-corrected chi connectivity index (χ3v) is 4.67. The first-order chi connectivity index (χ1) is 13.7.